The Bertz CT molecular complexity index is 392. The fourth-order valence-electron chi connectivity index (χ4n) is 2.02. The smallest absolute Gasteiger partial charge is 0.0789 e. The van der Waals surface area contributed by atoms with Crippen LogP contribution < -0.4 is 10.2 Å². The zero-order valence-corrected chi connectivity index (χ0v) is 12.0. The molecule has 1 saturated heterocycles. The van der Waals surface area contributed by atoms with Crippen LogP contribution in [0.4, 0.5) is 11.4 Å². The summed E-state index contributed by atoms with van der Waals surface area (Å²) in [6.07, 6.45) is 0. The summed E-state index contributed by atoms with van der Waals surface area (Å²) in [5.41, 5.74) is 1.53. The number of morpholine rings is 1. The van der Waals surface area contributed by atoms with E-state index in [0.717, 1.165) is 32.0 Å². The average molecular weight is 264 g/mol. The monoisotopic (exact) mass is 264 g/mol. The van der Waals surface area contributed by atoms with Crippen molar-refractivity contribution < 1.29 is 9.84 Å². The van der Waals surface area contributed by atoms with Gasteiger partial charge in [0.15, 0.2) is 0 Å². The molecular weight excluding hydrogens is 240 g/mol. The highest BCUT2D eigenvalue weighted by Gasteiger charge is 2.21. The standard InChI is InChI=1S/C15H24N2O2/c1-12(15(2,3)18)16-13-4-6-14(7-5-13)17-8-10-19-11-9-17/h4-7,12,16,18H,8-11H2,1-3H3. The third-order valence-corrected chi connectivity index (χ3v) is 3.69. The van der Waals surface area contributed by atoms with Crippen molar-refractivity contribution in [2.75, 3.05) is 36.5 Å². The van der Waals surface area contributed by atoms with Gasteiger partial charge >= 0.3 is 0 Å². The Labute approximate surface area is 115 Å². The molecule has 1 aromatic carbocycles. The third kappa shape index (κ3) is 3.85. The van der Waals surface area contributed by atoms with Gasteiger partial charge in [-0.05, 0) is 45.0 Å². The average Bonchev–Trinajstić information content (AvgIpc) is 2.39. The van der Waals surface area contributed by atoms with Gasteiger partial charge in [-0.25, -0.2) is 0 Å². The highest BCUT2D eigenvalue weighted by atomic mass is 16.5. The second kappa shape index (κ2) is 5.80. The molecule has 2 rings (SSSR count). The summed E-state index contributed by atoms with van der Waals surface area (Å²) in [6, 6.07) is 8.36. The number of rotatable bonds is 4. The van der Waals surface area contributed by atoms with Gasteiger partial charge in [0.2, 0.25) is 0 Å². The highest BCUT2D eigenvalue weighted by Crippen LogP contribution is 2.21. The van der Waals surface area contributed by atoms with Gasteiger partial charge in [-0.3, -0.25) is 0 Å². The molecule has 1 aliphatic heterocycles. The minimum absolute atomic E-state index is 0.00161. The lowest BCUT2D eigenvalue weighted by atomic mass is 10.0. The molecule has 0 bridgehead atoms. The molecule has 0 radical (unpaired) electrons. The Kier molecular flexibility index (Phi) is 4.32. The predicted molar refractivity (Wildman–Crippen MR) is 78.9 cm³/mol. The molecule has 1 aliphatic rings. The van der Waals surface area contributed by atoms with Crippen LogP contribution in [0.15, 0.2) is 24.3 Å². The summed E-state index contributed by atoms with van der Waals surface area (Å²) in [7, 11) is 0. The second-order valence-corrected chi connectivity index (χ2v) is 5.67. The van der Waals surface area contributed by atoms with Crippen LogP contribution in [0.25, 0.3) is 0 Å². The topological polar surface area (TPSA) is 44.7 Å². The van der Waals surface area contributed by atoms with Gasteiger partial charge in [0.05, 0.1) is 24.9 Å². The molecule has 19 heavy (non-hydrogen) atoms. The molecule has 1 fully saturated rings. The molecule has 0 spiro atoms. The van der Waals surface area contributed by atoms with Gasteiger partial charge in [-0.2, -0.15) is 0 Å². The first kappa shape index (κ1) is 14.2. The molecule has 2 N–H and O–H groups in total. The van der Waals surface area contributed by atoms with E-state index in [2.05, 4.69) is 34.5 Å². The van der Waals surface area contributed by atoms with Crippen LogP contribution in [0.5, 0.6) is 0 Å². The van der Waals surface area contributed by atoms with Gasteiger partial charge in [-0.1, -0.05) is 0 Å². The molecule has 1 heterocycles. The molecule has 4 nitrogen and oxygen atoms in total. The van der Waals surface area contributed by atoms with E-state index in [1.165, 1.54) is 5.69 Å². The molecule has 1 unspecified atom stereocenters. The third-order valence-electron chi connectivity index (χ3n) is 3.69. The number of ether oxygens (including phenoxy) is 1. The number of hydrogen-bond acceptors (Lipinski definition) is 4. The molecule has 4 heteroatoms. The zero-order valence-electron chi connectivity index (χ0n) is 12.0. The van der Waals surface area contributed by atoms with Crippen molar-refractivity contribution in [2.45, 2.75) is 32.4 Å². The minimum Gasteiger partial charge on any atom is -0.388 e. The lowest BCUT2D eigenvalue weighted by Crippen LogP contribution is -2.39. The Morgan fingerprint density at radius 1 is 1.21 bits per heavy atom. The van der Waals surface area contributed by atoms with E-state index in [1.54, 1.807) is 0 Å². The Morgan fingerprint density at radius 3 is 2.32 bits per heavy atom. The van der Waals surface area contributed by atoms with Crippen molar-refractivity contribution in [1.82, 2.24) is 0 Å². The van der Waals surface area contributed by atoms with Crippen LogP contribution >= 0.6 is 0 Å². The number of hydrogen-bond donors (Lipinski definition) is 2. The fourth-order valence-corrected chi connectivity index (χ4v) is 2.02. The van der Waals surface area contributed by atoms with Crippen LogP contribution in [0.3, 0.4) is 0 Å². The van der Waals surface area contributed by atoms with Crippen molar-refractivity contribution in [1.29, 1.82) is 0 Å². The Morgan fingerprint density at radius 2 is 1.79 bits per heavy atom. The number of nitrogens with zero attached hydrogens (tertiary/aromatic N) is 1. The predicted octanol–water partition coefficient (Wildman–Crippen LogP) is 2.09. The van der Waals surface area contributed by atoms with E-state index in [-0.39, 0.29) is 6.04 Å². The molecule has 106 valence electrons. The fraction of sp³-hybridized carbons (Fsp3) is 0.600. The van der Waals surface area contributed by atoms with Crippen molar-refractivity contribution in [2.24, 2.45) is 0 Å². The summed E-state index contributed by atoms with van der Waals surface area (Å²) in [6.45, 7) is 9.11. The first-order valence-corrected chi connectivity index (χ1v) is 6.88. The molecular formula is C15H24N2O2. The summed E-state index contributed by atoms with van der Waals surface area (Å²) in [4.78, 5) is 2.33. The lowest BCUT2D eigenvalue weighted by Gasteiger charge is -2.30. The second-order valence-electron chi connectivity index (χ2n) is 5.67. The van der Waals surface area contributed by atoms with E-state index in [9.17, 15) is 5.11 Å². The van der Waals surface area contributed by atoms with E-state index < -0.39 is 5.60 Å². The summed E-state index contributed by atoms with van der Waals surface area (Å²) >= 11 is 0. The lowest BCUT2D eigenvalue weighted by molar-refractivity contribution is 0.0649. The maximum atomic E-state index is 9.92. The largest absolute Gasteiger partial charge is 0.388 e. The van der Waals surface area contributed by atoms with Crippen LogP contribution in [-0.2, 0) is 4.74 Å². The van der Waals surface area contributed by atoms with Gasteiger partial charge in [0, 0.05) is 24.5 Å². The molecule has 1 aromatic rings. The van der Waals surface area contributed by atoms with E-state index >= 15 is 0 Å². The maximum Gasteiger partial charge on any atom is 0.0789 e. The summed E-state index contributed by atoms with van der Waals surface area (Å²) < 4.78 is 5.35. The van der Waals surface area contributed by atoms with Crippen molar-refractivity contribution in [3.05, 3.63) is 24.3 Å². The normalized spacial score (nSPS) is 18.2. The van der Waals surface area contributed by atoms with Crippen molar-refractivity contribution in [3.8, 4) is 0 Å². The Hall–Kier alpha value is -1.26. The van der Waals surface area contributed by atoms with E-state index in [4.69, 9.17) is 4.74 Å². The van der Waals surface area contributed by atoms with Crippen LogP contribution in [0.1, 0.15) is 20.8 Å². The molecule has 0 amide bonds. The Balaban J connectivity index is 1.98. The molecule has 0 aromatic heterocycles. The summed E-state index contributed by atoms with van der Waals surface area (Å²) in [5, 5.41) is 13.2. The summed E-state index contributed by atoms with van der Waals surface area (Å²) in [5.74, 6) is 0. The SMILES string of the molecule is CC(Nc1ccc(N2CCOCC2)cc1)C(C)(C)O. The first-order valence-electron chi connectivity index (χ1n) is 6.88. The zero-order chi connectivity index (χ0) is 13.9. The van der Waals surface area contributed by atoms with Gasteiger partial charge in [-0.15, -0.1) is 0 Å². The van der Waals surface area contributed by atoms with Gasteiger partial charge < -0.3 is 20.1 Å². The van der Waals surface area contributed by atoms with Gasteiger partial charge in [0.25, 0.3) is 0 Å². The van der Waals surface area contributed by atoms with Crippen molar-refractivity contribution >= 4 is 11.4 Å². The van der Waals surface area contributed by atoms with Crippen LogP contribution in [-0.4, -0.2) is 43.1 Å². The molecule has 0 saturated carbocycles. The van der Waals surface area contributed by atoms with Crippen LogP contribution in [0, 0.1) is 0 Å². The number of nitrogens with one attached hydrogen (secondary N) is 1. The van der Waals surface area contributed by atoms with Crippen LogP contribution in [0.2, 0.25) is 0 Å². The number of anilines is 2. The highest BCUT2D eigenvalue weighted by molar-refractivity contribution is 5.55. The number of aliphatic hydroxyl groups is 1. The van der Waals surface area contributed by atoms with E-state index in [1.807, 2.05) is 20.8 Å². The van der Waals surface area contributed by atoms with Crippen molar-refractivity contribution in [3.63, 3.8) is 0 Å². The number of benzene rings is 1. The van der Waals surface area contributed by atoms with Gasteiger partial charge in [0.1, 0.15) is 0 Å². The molecule has 0 aliphatic carbocycles. The quantitative estimate of drug-likeness (QED) is 0.874. The molecule has 1 atom stereocenters. The first-order chi connectivity index (χ1) is 8.97. The minimum atomic E-state index is -0.733. The maximum absolute atomic E-state index is 9.92. The van der Waals surface area contributed by atoms with E-state index in [0.29, 0.717) is 0 Å².